The number of aromatic nitrogens is 2. The summed E-state index contributed by atoms with van der Waals surface area (Å²) in [5.74, 6) is -0.279. The van der Waals surface area contributed by atoms with Gasteiger partial charge < -0.3 is 31.0 Å². The van der Waals surface area contributed by atoms with Gasteiger partial charge in [0.15, 0.2) is 22.5 Å². The van der Waals surface area contributed by atoms with Gasteiger partial charge in [-0.05, 0) is 78.5 Å². The summed E-state index contributed by atoms with van der Waals surface area (Å²) >= 11 is 5.95. The van der Waals surface area contributed by atoms with E-state index < -0.39 is 35.3 Å². The van der Waals surface area contributed by atoms with Crippen molar-refractivity contribution >= 4 is 47.3 Å². The van der Waals surface area contributed by atoms with Crippen LogP contribution in [0.3, 0.4) is 0 Å². The summed E-state index contributed by atoms with van der Waals surface area (Å²) in [5.41, 5.74) is 10.6. The van der Waals surface area contributed by atoms with Gasteiger partial charge in [-0.25, -0.2) is 29.4 Å². The van der Waals surface area contributed by atoms with Crippen molar-refractivity contribution in [1.82, 2.24) is 25.5 Å². The number of carbonyl (C=O) groups is 3. The number of alkyl carbamates (subject to hydrolysis) is 1. The lowest BCUT2D eigenvalue weighted by Gasteiger charge is -2.30. The van der Waals surface area contributed by atoms with Gasteiger partial charge in [-0.15, -0.1) is 0 Å². The van der Waals surface area contributed by atoms with Crippen molar-refractivity contribution in [1.29, 1.82) is 0 Å². The number of carbonyl (C=O) groups excluding carboxylic acids is 3. The zero-order valence-electron chi connectivity index (χ0n) is 27.9. The van der Waals surface area contributed by atoms with Crippen LogP contribution < -0.4 is 26.8 Å². The van der Waals surface area contributed by atoms with Crippen LogP contribution in [0.25, 0.3) is 0 Å². The molecular formula is C31H47ClN8O6. The fraction of sp³-hybridized carbons (Fsp3) is 0.548. The van der Waals surface area contributed by atoms with Crippen molar-refractivity contribution in [3.05, 3.63) is 40.7 Å². The first-order valence-corrected chi connectivity index (χ1v) is 15.4. The summed E-state index contributed by atoms with van der Waals surface area (Å²) in [7, 11) is 1.60. The fourth-order valence-corrected chi connectivity index (χ4v) is 4.15. The molecule has 0 saturated heterocycles. The van der Waals surface area contributed by atoms with Gasteiger partial charge in [-0.3, -0.25) is 10.1 Å². The summed E-state index contributed by atoms with van der Waals surface area (Å²) in [4.78, 5) is 53.3. The highest BCUT2D eigenvalue weighted by Crippen LogP contribution is 2.18. The number of aryl methyl sites for hydroxylation is 1. The molecule has 0 spiro atoms. The molecule has 0 unspecified atom stereocenters. The van der Waals surface area contributed by atoms with Crippen LogP contribution in [0.2, 0.25) is 5.15 Å². The number of methoxy groups -OCH3 is 1. The highest BCUT2D eigenvalue weighted by atomic mass is 35.5. The van der Waals surface area contributed by atoms with Crippen LogP contribution in [0.1, 0.15) is 83.8 Å². The molecule has 46 heavy (non-hydrogen) atoms. The number of aliphatic imine (C=N–C) groups is 1. The number of rotatable bonds is 11. The minimum absolute atomic E-state index is 0.00327. The Balaban J connectivity index is 2.43. The number of guanidine groups is 1. The van der Waals surface area contributed by atoms with Crippen LogP contribution in [0.15, 0.2) is 29.3 Å². The molecule has 3 amide bonds. The average molecular weight is 663 g/mol. The Bertz CT molecular complexity index is 1370. The molecule has 1 heterocycles. The fourth-order valence-electron chi connectivity index (χ4n) is 4.02. The molecule has 15 heteroatoms. The number of nitrogens with two attached hydrogens (primary N) is 2. The lowest BCUT2D eigenvalue weighted by Crippen LogP contribution is -2.51. The van der Waals surface area contributed by atoms with Gasteiger partial charge in [0.1, 0.15) is 17.0 Å². The van der Waals surface area contributed by atoms with Crippen molar-refractivity contribution in [3.63, 3.8) is 0 Å². The molecule has 254 valence electrons. The van der Waals surface area contributed by atoms with E-state index in [4.69, 9.17) is 42.3 Å². The summed E-state index contributed by atoms with van der Waals surface area (Å²) in [6, 6.07) is 7.01. The molecule has 1 atom stereocenters. The van der Waals surface area contributed by atoms with E-state index in [0.29, 0.717) is 25.7 Å². The van der Waals surface area contributed by atoms with Crippen molar-refractivity contribution in [2.24, 2.45) is 4.99 Å². The predicted octanol–water partition coefficient (Wildman–Crippen LogP) is 4.95. The number of benzene rings is 1. The van der Waals surface area contributed by atoms with E-state index in [9.17, 15) is 14.4 Å². The second-order valence-electron chi connectivity index (χ2n) is 12.4. The number of anilines is 2. The van der Waals surface area contributed by atoms with E-state index in [1.54, 1.807) is 48.7 Å². The van der Waals surface area contributed by atoms with Gasteiger partial charge in [0.25, 0.3) is 5.91 Å². The Labute approximate surface area is 275 Å². The topological polar surface area (TPSA) is 196 Å². The zero-order chi connectivity index (χ0) is 34.7. The third-order valence-electron chi connectivity index (χ3n) is 6.03. The number of hydrogen-bond acceptors (Lipinski definition) is 11. The summed E-state index contributed by atoms with van der Waals surface area (Å²) in [5, 5.41) is 5.22. The molecule has 0 saturated carbocycles. The van der Waals surface area contributed by atoms with Gasteiger partial charge in [0, 0.05) is 13.1 Å². The number of hydrogen-bond donors (Lipinski definition) is 4. The second-order valence-corrected chi connectivity index (χ2v) is 12.8. The molecule has 2 aromatic rings. The van der Waals surface area contributed by atoms with Gasteiger partial charge in [-0.1, -0.05) is 37.1 Å². The van der Waals surface area contributed by atoms with Crippen LogP contribution in [-0.4, -0.2) is 76.4 Å². The SMILES string of the molecule is CCC[C@@H](CNC(=O)c1nc(Cl)c(N)nc1N)N=C(NC(=O)OC(C)(C)C)N(CCCc1ccc(OC)cc1)C(=O)OC(C)(C)C. The van der Waals surface area contributed by atoms with Crippen LogP contribution in [0.4, 0.5) is 21.2 Å². The maximum Gasteiger partial charge on any atom is 0.417 e. The van der Waals surface area contributed by atoms with Crippen LogP contribution >= 0.6 is 11.6 Å². The number of nitrogen functional groups attached to an aromatic ring is 2. The molecule has 0 bridgehead atoms. The van der Waals surface area contributed by atoms with Crippen molar-refractivity contribution < 1.29 is 28.6 Å². The lowest BCUT2D eigenvalue weighted by molar-refractivity contribution is 0.0356. The monoisotopic (exact) mass is 662 g/mol. The first-order valence-electron chi connectivity index (χ1n) is 15.0. The number of ether oxygens (including phenoxy) is 3. The van der Waals surface area contributed by atoms with E-state index >= 15 is 0 Å². The largest absolute Gasteiger partial charge is 0.497 e. The van der Waals surface area contributed by atoms with E-state index in [-0.39, 0.29) is 41.5 Å². The molecule has 2 rings (SSSR count). The number of nitrogens with one attached hydrogen (secondary N) is 2. The van der Waals surface area contributed by atoms with Crippen LogP contribution in [0, 0.1) is 0 Å². The molecule has 14 nitrogen and oxygen atoms in total. The lowest BCUT2D eigenvalue weighted by atomic mass is 10.1. The Morgan fingerprint density at radius 2 is 1.63 bits per heavy atom. The number of amides is 3. The van der Waals surface area contributed by atoms with E-state index in [2.05, 4.69) is 20.6 Å². The van der Waals surface area contributed by atoms with Crippen molar-refractivity contribution in [2.45, 2.75) is 91.4 Å². The average Bonchev–Trinajstić information content (AvgIpc) is 2.94. The number of nitrogens with zero attached hydrogens (tertiary/aromatic N) is 4. The first kappa shape index (κ1) is 37.9. The van der Waals surface area contributed by atoms with Crippen LogP contribution in [-0.2, 0) is 15.9 Å². The van der Waals surface area contributed by atoms with Gasteiger partial charge >= 0.3 is 12.2 Å². The quantitative estimate of drug-likeness (QED) is 0.189. The predicted molar refractivity (Wildman–Crippen MR) is 178 cm³/mol. The summed E-state index contributed by atoms with van der Waals surface area (Å²) in [6.45, 7) is 12.5. The summed E-state index contributed by atoms with van der Waals surface area (Å²) in [6.07, 6.45) is 0.751. The van der Waals surface area contributed by atoms with Gasteiger partial charge in [0.05, 0.1) is 13.2 Å². The smallest absolute Gasteiger partial charge is 0.417 e. The Hall–Kier alpha value is -4.33. The molecule has 1 aromatic carbocycles. The third kappa shape index (κ3) is 13.0. The molecule has 0 radical (unpaired) electrons. The van der Waals surface area contributed by atoms with E-state index in [1.807, 2.05) is 31.2 Å². The minimum Gasteiger partial charge on any atom is -0.497 e. The third-order valence-corrected chi connectivity index (χ3v) is 6.31. The Morgan fingerprint density at radius 3 is 2.20 bits per heavy atom. The molecule has 0 aliphatic carbocycles. The highest BCUT2D eigenvalue weighted by molar-refractivity contribution is 6.31. The maximum absolute atomic E-state index is 13.6. The zero-order valence-corrected chi connectivity index (χ0v) is 28.7. The van der Waals surface area contributed by atoms with E-state index in [1.165, 1.54) is 4.90 Å². The first-order chi connectivity index (χ1) is 21.4. The molecule has 0 aliphatic heterocycles. The number of halogens is 1. The van der Waals surface area contributed by atoms with E-state index in [0.717, 1.165) is 11.3 Å². The Kier molecular flexibility index (Phi) is 13.8. The maximum atomic E-state index is 13.6. The minimum atomic E-state index is -0.833. The standard InChI is InChI=1S/C31H47ClN8O6/c1-9-11-20(18-35-26(41)22-24(33)38-25(34)23(32)37-22)36-27(39-28(42)45-30(2,3)4)40(29(43)46-31(5,6)7)17-10-12-19-13-15-21(44-8)16-14-19/h13-16,20H,9-12,17-18H2,1-8H3,(H,35,41)(H4,33,34,38)(H,36,39,42)/t20-/m0/s1. The normalized spacial score (nSPS) is 12.6. The van der Waals surface area contributed by atoms with Crippen molar-refractivity contribution in [2.75, 3.05) is 31.7 Å². The molecule has 6 N–H and O–H groups in total. The molecule has 1 aromatic heterocycles. The van der Waals surface area contributed by atoms with Crippen molar-refractivity contribution in [3.8, 4) is 5.75 Å². The molecule has 0 fully saturated rings. The molecular weight excluding hydrogens is 616 g/mol. The van der Waals surface area contributed by atoms with Gasteiger partial charge in [0.2, 0.25) is 5.96 Å². The highest BCUT2D eigenvalue weighted by Gasteiger charge is 2.29. The van der Waals surface area contributed by atoms with Gasteiger partial charge in [-0.2, -0.15) is 0 Å². The summed E-state index contributed by atoms with van der Waals surface area (Å²) < 4.78 is 16.4. The second kappa shape index (κ2) is 16.8. The molecule has 0 aliphatic rings. The van der Waals surface area contributed by atoms with Crippen LogP contribution in [0.5, 0.6) is 5.75 Å². The Morgan fingerprint density at radius 1 is 1.00 bits per heavy atom.